The Morgan fingerprint density at radius 1 is 1.09 bits per heavy atom. The smallest absolute Gasteiger partial charge is 0.224 e. The molecule has 0 unspecified atom stereocenters. The lowest BCUT2D eigenvalue weighted by Gasteiger charge is -2.10. The number of amides is 1. The Balaban J connectivity index is 2.34. The SMILES string of the molecule is CCCCCCCCCC(=O)Nc1ccccc1C(C)=NO. The van der Waals surface area contributed by atoms with Crippen LogP contribution in [0.15, 0.2) is 29.4 Å². The number of nitrogens with zero attached hydrogens (tertiary/aromatic N) is 1. The topological polar surface area (TPSA) is 61.7 Å². The van der Waals surface area contributed by atoms with Gasteiger partial charge in [-0.1, -0.05) is 68.8 Å². The number of para-hydroxylation sites is 1. The second-order valence-corrected chi connectivity index (χ2v) is 5.65. The molecule has 4 nitrogen and oxygen atoms in total. The first-order chi connectivity index (χ1) is 10.7. The van der Waals surface area contributed by atoms with E-state index in [4.69, 9.17) is 5.21 Å². The molecule has 0 bridgehead atoms. The molecule has 0 aliphatic carbocycles. The molecule has 0 saturated carbocycles. The number of hydrogen-bond donors (Lipinski definition) is 2. The van der Waals surface area contributed by atoms with Gasteiger partial charge in [-0.3, -0.25) is 4.79 Å². The molecule has 0 atom stereocenters. The van der Waals surface area contributed by atoms with Crippen LogP contribution in [0.1, 0.15) is 70.8 Å². The molecule has 2 N–H and O–H groups in total. The third-order valence-corrected chi connectivity index (χ3v) is 3.75. The molecule has 1 rings (SSSR count). The van der Waals surface area contributed by atoms with Crippen molar-refractivity contribution in [3.05, 3.63) is 29.8 Å². The first-order valence-corrected chi connectivity index (χ1v) is 8.27. The minimum Gasteiger partial charge on any atom is -0.411 e. The standard InChI is InChI=1S/C18H28N2O2/c1-3-4-5-6-7-8-9-14-18(21)19-17-13-11-10-12-16(17)15(2)20-22/h10-13,22H,3-9,14H2,1-2H3,(H,19,21). The quantitative estimate of drug-likeness (QED) is 0.277. The lowest BCUT2D eigenvalue weighted by atomic mass is 10.1. The van der Waals surface area contributed by atoms with Crippen molar-refractivity contribution >= 4 is 17.3 Å². The Morgan fingerprint density at radius 3 is 2.41 bits per heavy atom. The number of carbonyl (C=O) groups excluding carboxylic acids is 1. The highest BCUT2D eigenvalue weighted by Gasteiger charge is 2.08. The minimum atomic E-state index is 0.0201. The molecule has 22 heavy (non-hydrogen) atoms. The zero-order chi connectivity index (χ0) is 16.2. The molecule has 4 heteroatoms. The van der Waals surface area contributed by atoms with E-state index in [1.807, 2.05) is 24.3 Å². The van der Waals surface area contributed by atoms with Gasteiger partial charge in [0.15, 0.2) is 0 Å². The van der Waals surface area contributed by atoms with Crippen LogP contribution >= 0.6 is 0 Å². The number of benzene rings is 1. The van der Waals surface area contributed by atoms with Crippen molar-refractivity contribution in [3.8, 4) is 0 Å². The summed E-state index contributed by atoms with van der Waals surface area (Å²) in [6, 6.07) is 7.37. The minimum absolute atomic E-state index is 0.0201. The highest BCUT2D eigenvalue weighted by atomic mass is 16.4. The van der Waals surface area contributed by atoms with Crippen molar-refractivity contribution in [2.24, 2.45) is 5.16 Å². The van der Waals surface area contributed by atoms with Gasteiger partial charge in [-0.05, 0) is 19.4 Å². The first kappa shape index (κ1) is 18.2. The fraction of sp³-hybridized carbons (Fsp3) is 0.556. The second-order valence-electron chi connectivity index (χ2n) is 5.65. The second kappa shape index (κ2) is 10.8. The summed E-state index contributed by atoms with van der Waals surface area (Å²) in [6.45, 7) is 3.92. The Morgan fingerprint density at radius 2 is 1.73 bits per heavy atom. The van der Waals surface area contributed by atoms with E-state index in [0.29, 0.717) is 17.8 Å². The van der Waals surface area contributed by atoms with Crippen LogP contribution < -0.4 is 5.32 Å². The van der Waals surface area contributed by atoms with Gasteiger partial charge in [0.2, 0.25) is 5.91 Å². The van der Waals surface area contributed by atoms with Crippen molar-refractivity contribution in [1.82, 2.24) is 0 Å². The summed E-state index contributed by atoms with van der Waals surface area (Å²) < 4.78 is 0. The van der Waals surface area contributed by atoms with Gasteiger partial charge in [0.25, 0.3) is 0 Å². The molecular formula is C18H28N2O2. The average molecular weight is 304 g/mol. The fourth-order valence-electron chi connectivity index (χ4n) is 2.42. The summed E-state index contributed by atoms with van der Waals surface area (Å²) in [6.07, 6.45) is 8.92. The van der Waals surface area contributed by atoms with Crippen LogP contribution in [0.3, 0.4) is 0 Å². The fourth-order valence-corrected chi connectivity index (χ4v) is 2.42. The number of anilines is 1. The summed E-state index contributed by atoms with van der Waals surface area (Å²) in [4.78, 5) is 12.0. The summed E-state index contributed by atoms with van der Waals surface area (Å²) in [7, 11) is 0. The molecule has 0 aliphatic rings. The van der Waals surface area contributed by atoms with Gasteiger partial charge in [0.1, 0.15) is 0 Å². The molecule has 122 valence electrons. The number of hydrogen-bond acceptors (Lipinski definition) is 3. The maximum absolute atomic E-state index is 12.0. The van der Waals surface area contributed by atoms with Crippen molar-refractivity contribution < 1.29 is 10.0 Å². The van der Waals surface area contributed by atoms with E-state index in [1.165, 1.54) is 32.1 Å². The lowest BCUT2D eigenvalue weighted by molar-refractivity contribution is -0.116. The maximum atomic E-state index is 12.0. The summed E-state index contributed by atoms with van der Waals surface area (Å²) in [5.74, 6) is 0.0201. The van der Waals surface area contributed by atoms with Gasteiger partial charge in [-0.2, -0.15) is 0 Å². The summed E-state index contributed by atoms with van der Waals surface area (Å²) >= 11 is 0. The zero-order valence-electron chi connectivity index (χ0n) is 13.8. The first-order valence-electron chi connectivity index (χ1n) is 8.27. The Labute approximate surface area is 133 Å². The third-order valence-electron chi connectivity index (χ3n) is 3.75. The predicted octanol–water partition coefficient (Wildman–Crippen LogP) is 4.96. The zero-order valence-corrected chi connectivity index (χ0v) is 13.8. The molecule has 0 aromatic heterocycles. The molecule has 1 aromatic rings. The number of nitrogens with one attached hydrogen (secondary N) is 1. The predicted molar refractivity (Wildman–Crippen MR) is 91.7 cm³/mol. The van der Waals surface area contributed by atoms with Gasteiger partial charge < -0.3 is 10.5 Å². The van der Waals surface area contributed by atoms with Crippen molar-refractivity contribution in [3.63, 3.8) is 0 Å². The number of oxime groups is 1. The summed E-state index contributed by atoms with van der Waals surface area (Å²) in [5.41, 5.74) is 1.94. The van der Waals surface area contributed by atoms with E-state index in [0.717, 1.165) is 18.4 Å². The molecule has 0 radical (unpaired) electrons. The molecule has 0 aliphatic heterocycles. The van der Waals surface area contributed by atoms with E-state index in [1.54, 1.807) is 6.92 Å². The van der Waals surface area contributed by atoms with Crippen LogP contribution in [0.2, 0.25) is 0 Å². The normalized spacial score (nSPS) is 11.5. The highest BCUT2D eigenvalue weighted by molar-refractivity contribution is 6.06. The van der Waals surface area contributed by atoms with E-state index >= 15 is 0 Å². The molecule has 0 fully saturated rings. The van der Waals surface area contributed by atoms with Crippen LogP contribution in [0.4, 0.5) is 5.69 Å². The van der Waals surface area contributed by atoms with Crippen molar-refractivity contribution in [1.29, 1.82) is 0 Å². The van der Waals surface area contributed by atoms with Crippen molar-refractivity contribution in [2.45, 2.75) is 65.2 Å². The van der Waals surface area contributed by atoms with Crippen LogP contribution in [-0.4, -0.2) is 16.8 Å². The lowest BCUT2D eigenvalue weighted by Crippen LogP contribution is -2.13. The van der Waals surface area contributed by atoms with Gasteiger partial charge in [-0.25, -0.2) is 0 Å². The largest absolute Gasteiger partial charge is 0.411 e. The van der Waals surface area contributed by atoms with E-state index in [9.17, 15) is 4.79 Å². The number of carbonyl (C=O) groups is 1. The summed E-state index contributed by atoms with van der Waals surface area (Å²) in [5, 5.41) is 15.0. The molecule has 0 spiro atoms. The van der Waals surface area contributed by atoms with Crippen LogP contribution in [-0.2, 0) is 4.79 Å². The molecule has 1 amide bonds. The maximum Gasteiger partial charge on any atom is 0.224 e. The van der Waals surface area contributed by atoms with Gasteiger partial charge in [0, 0.05) is 17.7 Å². The van der Waals surface area contributed by atoms with Crippen LogP contribution in [0.25, 0.3) is 0 Å². The Bertz CT molecular complexity index is 484. The van der Waals surface area contributed by atoms with E-state index in [-0.39, 0.29) is 5.91 Å². The average Bonchev–Trinajstić information content (AvgIpc) is 2.54. The Kier molecular flexibility index (Phi) is 8.96. The molecular weight excluding hydrogens is 276 g/mol. The number of rotatable bonds is 10. The number of unbranched alkanes of at least 4 members (excludes halogenated alkanes) is 6. The Hall–Kier alpha value is -1.84. The molecule has 0 saturated heterocycles. The molecule has 0 heterocycles. The van der Waals surface area contributed by atoms with E-state index < -0.39 is 0 Å². The van der Waals surface area contributed by atoms with Crippen LogP contribution in [0.5, 0.6) is 0 Å². The van der Waals surface area contributed by atoms with E-state index in [2.05, 4.69) is 17.4 Å². The van der Waals surface area contributed by atoms with Crippen LogP contribution in [0, 0.1) is 0 Å². The van der Waals surface area contributed by atoms with Gasteiger partial charge in [-0.15, -0.1) is 0 Å². The highest BCUT2D eigenvalue weighted by Crippen LogP contribution is 2.17. The van der Waals surface area contributed by atoms with Gasteiger partial charge >= 0.3 is 0 Å². The van der Waals surface area contributed by atoms with Crippen molar-refractivity contribution in [2.75, 3.05) is 5.32 Å². The monoisotopic (exact) mass is 304 g/mol. The third kappa shape index (κ3) is 6.74. The molecule has 1 aromatic carbocycles. The van der Waals surface area contributed by atoms with Gasteiger partial charge in [0.05, 0.1) is 5.71 Å².